The third-order valence-electron chi connectivity index (χ3n) is 2.49. The van der Waals surface area contributed by atoms with E-state index in [1.54, 1.807) is 12.1 Å². The molecule has 100 valence electrons. The fourth-order valence-electron chi connectivity index (χ4n) is 1.54. The average molecular weight is 347 g/mol. The highest BCUT2D eigenvalue weighted by Gasteiger charge is 2.08. The van der Waals surface area contributed by atoms with E-state index >= 15 is 0 Å². The predicted molar refractivity (Wildman–Crippen MR) is 85.1 cm³/mol. The molecule has 2 nitrogen and oxygen atoms in total. The molecule has 0 amide bonds. The molecule has 0 atom stereocenters. The van der Waals surface area contributed by atoms with E-state index < -0.39 is 5.97 Å². The number of aromatic carboxylic acids is 1. The van der Waals surface area contributed by atoms with Gasteiger partial charge in [0.1, 0.15) is 0 Å². The third kappa shape index (κ3) is 4.16. The van der Waals surface area contributed by atoms with Crippen LogP contribution in [0.1, 0.15) is 15.9 Å². The number of hydrogen-bond donors (Lipinski definition) is 1. The summed E-state index contributed by atoms with van der Waals surface area (Å²) in [4.78, 5) is 11.9. The first-order valence-electron chi connectivity index (χ1n) is 5.86. The fourth-order valence-corrected chi connectivity index (χ4v) is 2.63. The van der Waals surface area contributed by atoms with Crippen LogP contribution in [0, 0.1) is 11.8 Å². The molecule has 0 fully saturated rings. The summed E-state index contributed by atoms with van der Waals surface area (Å²) < 4.78 is 0.588. The molecule has 1 N–H and O–H groups in total. The summed E-state index contributed by atoms with van der Waals surface area (Å²) in [7, 11) is 0. The molecular weight excluding hydrogens is 336 g/mol. The van der Waals surface area contributed by atoms with Crippen molar-refractivity contribution >= 4 is 33.7 Å². The lowest BCUT2D eigenvalue weighted by Gasteiger charge is -2.02. The molecule has 20 heavy (non-hydrogen) atoms. The van der Waals surface area contributed by atoms with E-state index in [0.29, 0.717) is 10.2 Å². The van der Waals surface area contributed by atoms with Gasteiger partial charge in [-0.2, -0.15) is 0 Å². The Morgan fingerprint density at radius 2 is 1.95 bits per heavy atom. The molecule has 0 aromatic heterocycles. The average Bonchev–Trinajstić information content (AvgIpc) is 2.46. The minimum Gasteiger partial charge on any atom is -0.478 e. The summed E-state index contributed by atoms with van der Waals surface area (Å²) in [5, 5.41) is 9.04. The zero-order valence-corrected chi connectivity index (χ0v) is 12.9. The van der Waals surface area contributed by atoms with Gasteiger partial charge in [0.2, 0.25) is 0 Å². The molecule has 0 heterocycles. The van der Waals surface area contributed by atoms with Gasteiger partial charge in [-0.3, -0.25) is 0 Å². The van der Waals surface area contributed by atoms with Crippen molar-refractivity contribution in [1.82, 2.24) is 0 Å². The van der Waals surface area contributed by atoms with Crippen LogP contribution in [0.2, 0.25) is 0 Å². The second-order valence-electron chi connectivity index (χ2n) is 3.90. The van der Waals surface area contributed by atoms with E-state index in [4.69, 9.17) is 5.11 Å². The van der Waals surface area contributed by atoms with Crippen LogP contribution < -0.4 is 0 Å². The second kappa shape index (κ2) is 7.18. The summed E-state index contributed by atoms with van der Waals surface area (Å²) >= 11 is 4.75. The number of carbonyl (C=O) groups is 1. The quantitative estimate of drug-likeness (QED) is 0.665. The van der Waals surface area contributed by atoms with Crippen LogP contribution in [-0.4, -0.2) is 16.8 Å². The Balaban J connectivity index is 2.00. The molecule has 0 radical (unpaired) electrons. The smallest absolute Gasteiger partial charge is 0.336 e. The van der Waals surface area contributed by atoms with Gasteiger partial charge in [-0.05, 0) is 46.3 Å². The van der Waals surface area contributed by atoms with Crippen molar-refractivity contribution in [3.8, 4) is 11.8 Å². The number of carboxylic acids is 1. The van der Waals surface area contributed by atoms with Gasteiger partial charge in [-0.25, -0.2) is 4.79 Å². The molecular formula is C16H11BrO2S. The maximum absolute atomic E-state index is 11.0. The lowest BCUT2D eigenvalue weighted by Crippen LogP contribution is -1.97. The molecule has 0 saturated carbocycles. The van der Waals surface area contributed by atoms with Gasteiger partial charge in [-0.1, -0.05) is 30.0 Å². The van der Waals surface area contributed by atoms with E-state index in [1.165, 1.54) is 11.8 Å². The van der Waals surface area contributed by atoms with Crippen LogP contribution in [0.15, 0.2) is 57.9 Å². The lowest BCUT2D eigenvalue weighted by molar-refractivity contribution is 0.0695. The summed E-state index contributed by atoms with van der Waals surface area (Å²) in [6.07, 6.45) is 0. The number of halogens is 1. The Labute approximate surface area is 130 Å². The third-order valence-corrected chi connectivity index (χ3v) is 4.05. The van der Waals surface area contributed by atoms with E-state index in [9.17, 15) is 4.79 Å². The van der Waals surface area contributed by atoms with Gasteiger partial charge in [-0.15, -0.1) is 11.8 Å². The minimum absolute atomic E-state index is 0.269. The molecule has 0 saturated heterocycles. The van der Waals surface area contributed by atoms with E-state index in [0.717, 1.165) is 10.5 Å². The Morgan fingerprint density at radius 3 is 2.65 bits per heavy atom. The van der Waals surface area contributed by atoms with E-state index in [1.807, 2.05) is 36.4 Å². The van der Waals surface area contributed by atoms with Crippen molar-refractivity contribution in [2.45, 2.75) is 4.90 Å². The Hall–Kier alpha value is -1.70. The zero-order chi connectivity index (χ0) is 14.4. The van der Waals surface area contributed by atoms with Crippen molar-refractivity contribution in [2.24, 2.45) is 0 Å². The first-order valence-corrected chi connectivity index (χ1v) is 7.64. The number of hydrogen-bond acceptors (Lipinski definition) is 2. The molecule has 0 aliphatic heterocycles. The topological polar surface area (TPSA) is 37.3 Å². The van der Waals surface area contributed by atoms with Gasteiger partial charge in [0.15, 0.2) is 0 Å². The zero-order valence-electron chi connectivity index (χ0n) is 10.5. The van der Waals surface area contributed by atoms with Crippen LogP contribution in [0.25, 0.3) is 0 Å². The largest absolute Gasteiger partial charge is 0.478 e. The summed E-state index contributed by atoms with van der Waals surface area (Å²) in [5.41, 5.74) is 1.25. The van der Waals surface area contributed by atoms with Crippen molar-refractivity contribution < 1.29 is 9.90 Å². The van der Waals surface area contributed by atoms with Crippen LogP contribution in [0.5, 0.6) is 0 Å². The highest BCUT2D eigenvalue weighted by molar-refractivity contribution is 9.10. The van der Waals surface area contributed by atoms with E-state index in [2.05, 4.69) is 27.8 Å². The Bertz CT molecular complexity index is 672. The standard InChI is InChI=1S/C16H11BrO2S/c17-15-9-8-13(11-14(15)16(18)19)20-10-4-7-12-5-2-1-3-6-12/h1-3,5-6,8-9,11H,10H2,(H,18,19). The normalized spacial score (nSPS) is 9.65. The predicted octanol–water partition coefficient (Wildman–Crippen LogP) is 4.29. The SMILES string of the molecule is O=C(O)c1cc(SCC#Cc2ccccc2)ccc1Br. The maximum atomic E-state index is 11.0. The van der Waals surface area contributed by atoms with Crippen molar-refractivity contribution in [1.29, 1.82) is 0 Å². The fraction of sp³-hybridized carbons (Fsp3) is 0.0625. The van der Waals surface area contributed by atoms with Crippen LogP contribution >= 0.6 is 27.7 Å². The molecule has 2 aromatic carbocycles. The maximum Gasteiger partial charge on any atom is 0.336 e. The highest BCUT2D eigenvalue weighted by Crippen LogP contribution is 2.24. The Kier molecular flexibility index (Phi) is 5.28. The van der Waals surface area contributed by atoms with Gasteiger partial charge >= 0.3 is 5.97 Å². The van der Waals surface area contributed by atoms with Crippen LogP contribution in [0.3, 0.4) is 0 Å². The number of carboxylic acid groups (broad SMARTS) is 1. The Morgan fingerprint density at radius 1 is 1.20 bits per heavy atom. The summed E-state index contributed by atoms with van der Waals surface area (Å²) in [6.45, 7) is 0. The molecule has 0 unspecified atom stereocenters. The van der Waals surface area contributed by atoms with Crippen molar-refractivity contribution in [2.75, 3.05) is 5.75 Å². The van der Waals surface area contributed by atoms with Crippen molar-refractivity contribution in [3.63, 3.8) is 0 Å². The molecule has 2 rings (SSSR count). The van der Waals surface area contributed by atoms with Gasteiger partial charge < -0.3 is 5.11 Å². The molecule has 4 heteroatoms. The lowest BCUT2D eigenvalue weighted by atomic mass is 10.2. The van der Waals surface area contributed by atoms with Crippen LogP contribution in [0.4, 0.5) is 0 Å². The molecule has 0 aliphatic rings. The van der Waals surface area contributed by atoms with Crippen molar-refractivity contribution in [3.05, 3.63) is 64.1 Å². The second-order valence-corrected chi connectivity index (χ2v) is 5.81. The number of benzene rings is 2. The number of thioether (sulfide) groups is 1. The molecule has 0 spiro atoms. The van der Waals surface area contributed by atoms with Gasteiger partial charge in [0, 0.05) is 14.9 Å². The van der Waals surface area contributed by atoms with Gasteiger partial charge in [0.05, 0.1) is 11.3 Å². The molecule has 0 bridgehead atoms. The first-order chi connectivity index (χ1) is 9.66. The highest BCUT2D eigenvalue weighted by atomic mass is 79.9. The van der Waals surface area contributed by atoms with Gasteiger partial charge in [0.25, 0.3) is 0 Å². The minimum atomic E-state index is -0.935. The molecule has 2 aromatic rings. The monoisotopic (exact) mass is 346 g/mol. The number of rotatable bonds is 3. The van der Waals surface area contributed by atoms with Crippen LogP contribution in [-0.2, 0) is 0 Å². The van der Waals surface area contributed by atoms with E-state index in [-0.39, 0.29) is 5.56 Å². The molecule has 0 aliphatic carbocycles. The summed E-state index contributed by atoms with van der Waals surface area (Å²) in [6, 6.07) is 15.0. The summed E-state index contributed by atoms with van der Waals surface area (Å²) in [5.74, 6) is 5.82. The first kappa shape index (κ1) is 14.7.